The number of ether oxygens (including phenoxy) is 1. The van der Waals surface area contributed by atoms with Crippen molar-refractivity contribution in [1.29, 1.82) is 0 Å². The molecular weight excluding hydrogens is 328 g/mol. The van der Waals surface area contributed by atoms with E-state index in [1.165, 1.54) is 0 Å². The Labute approximate surface area is 153 Å². The Morgan fingerprint density at radius 3 is 2.77 bits per heavy atom. The van der Waals surface area contributed by atoms with E-state index in [1.807, 2.05) is 59.0 Å². The van der Waals surface area contributed by atoms with Gasteiger partial charge in [0, 0.05) is 18.4 Å². The predicted octanol–water partition coefficient (Wildman–Crippen LogP) is 3.76. The summed E-state index contributed by atoms with van der Waals surface area (Å²) in [5, 5.41) is 8.16. The van der Waals surface area contributed by atoms with Gasteiger partial charge in [-0.3, -0.25) is 9.48 Å². The standard InChI is InChI=1S/C20H24N4O2/c1-12(2)26-11-15-7-6-8-16(10-15)22-20(25)17-9-13(3)21-19-18(17)14(4)23-24(19)5/h6-10,12H,11H2,1-5H3,(H,22,25). The summed E-state index contributed by atoms with van der Waals surface area (Å²) in [7, 11) is 1.83. The topological polar surface area (TPSA) is 69.0 Å². The van der Waals surface area contributed by atoms with Crippen LogP contribution in [0.15, 0.2) is 30.3 Å². The molecule has 0 aliphatic rings. The Bertz CT molecular complexity index is 960. The third-order valence-corrected chi connectivity index (χ3v) is 4.11. The highest BCUT2D eigenvalue weighted by atomic mass is 16.5. The number of pyridine rings is 1. The van der Waals surface area contributed by atoms with E-state index >= 15 is 0 Å². The van der Waals surface area contributed by atoms with Gasteiger partial charge >= 0.3 is 0 Å². The summed E-state index contributed by atoms with van der Waals surface area (Å²) in [6.45, 7) is 8.28. The van der Waals surface area contributed by atoms with Gasteiger partial charge in [0.25, 0.3) is 5.91 Å². The summed E-state index contributed by atoms with van der Waals surface area (Å²) in [4.78, 5) is 17.4. The smallest absolute Gasteiger partial charge is 0.256 e. The fourth-order valence-corrected chi connectivity index (χ4v) is 2.95. The number of carbonyl (C=O) groups excluding carboxylic acids is 1. The lowest BCUT2D eigenvalue weighted by molar-refractivity contribution is 0.0657. The number of benzene rings is 1. The molecule has 1 N–H and O–H groups in total. The van der Waals surface area contributed by atoms with Crippen LogP contribution >= 0.6 is 0 Å². The lowest BCUT2D eigenvalue weighted by Gasteiger charge is -2.11. The second-order valence-electron chi connectivity index (χ2n) is 6.73. The maximum atomic E-state index is 12.9. The predicted molar refractivity (Wildman–Crippen MR) is 102 cm³/mol. The normalized spacial score (nSPS) is 11.3. The maximum Gasteiger partial charge on any atom is 0.256 e. The number of aromatic nitrogens is 3. The Morgan fingerprint density at radius 1 is 1.27 bits per heavy atom. The molecule has 6 nitrogen and oxygen atoms in total. The Kier molecular flexibility index (Phi) is 5.04. The fraction of sp³-hybridized carbons (Fsp3) is 0.350. The first-order chi connectivity index (χ1) is 12.3. The van der Waals surface area contributed by atoms with Crippen molar-refractivity contribution in [3.8, 4) is 0 Å². The summed E-state index contributed by atoms with van der Waals surface area (Å²) >= 11 is 0. The van der Waals surface area contributed by atoms with Crippen LogP contribution in [0.2, 0.25) is 0 Å². The van der Waals surface area contributed by atoms with Crippen molar-refractivity contribution in [2.24, 2.45) is 7.05 Å². The van der Waals surface area contributed by atoms with Crippen molar-refractivity contribution in [1.82, 2.24) is 14.8 Å². The van der Waals surface area contributed by atoms with E-state index in [4.69, 9.17) is 4.74 Å². The van der Waals surface area contributed by atoms with E-state index in [-0.39, 0.29) is 12.0 Å². The van der Waals surface area contributed by atoms with E-state index in [1.54, 1.807) is 10.7 Å². The molecule has 2 heterocycles. The van der Waals surface area contributed by atoms with Gasteiger partial charge in [0.2, 0.25) is 0 Å². The summed E-state index contributed by atoms with van der Waals surface area (Å²) < 4.78 is 7.34. The molecular formula is C20H24N4O2. The zero-order valence-electron chi connectivity index (χ0n) is 15.8. The molecule has 6 heteroatoms. The van der Waals surface area contributed by atoms with Gasteiger partial charge in [0.15, 0.2) is 5.65 Å². The average Bonchev–Trinajstić information content (AvgIpc) is 2.86. The number of nitrogens with zero attached hydrogens (tertiary/aromatic N) is 3. The largest absolute Gasteiger partial charge is 0.374 e. The third kappa shape index (κ3) is 3.75. The van der Waals surface area contributed by atoms with Crippen LogP contribution in [0.3, 0.4) is 0 Å². The monoisotopic (exact) mass is 352 g/mol. The van der Waals surface area contributed by atoms with E-state index < -0.39 is 0 Å². The van der Waals surface area contributed by atoms with E-state index in [0.29, 0.717) is 17.8 Å². The van der Waals surface area contributed by atoms with Gasteiger partial charge in [-0.1, -0.05) is 12.1 Å². The van der Waals surface area contributed by atoms with Crippen molar-refractivity contribution >= 4 is 22.6 Å². The number of amides is 1. The number of nitrogens with one attached hydrogen (secondary N) is 1. The Hall–Kier alpha value is -2.73. The van der Waals surface area contributed by atoms with Crippen LogP contribution in [0.4, 0.5) is 5.69 Å². The first-order valence-electron chi connectivity index (χ1n) is 8.68. The summed E-state index contributed by atoms with van der Waals surface area (Å²) in [5.41, 5.74) is 4.63. The highest BCUT2D eigenvalue weighted by molar-refractivity contribution is 6.12. The molecule has 136 valence electrons. The van der Waals surface area contributed by atoms with Crippen LogP contribution in [0, 0.1) is 13.8 Å². The van der Waals surface area contributed by atoms with E-state index in [2.05, 4.69) is 15.4 Å². The maximum absolute atomic E-state index is 12.9. The molecule has 2 aromatic heterocycles. The van der Waals surface area contributed by atoms with Crippen LogP contribution in [0.25, 0.3) is 11.0 Å². The lowest BCUT2D eigenvalue weighted by Crippen LogP contribution is -2.13. The molecule has 0 spiro atoms. The molecule has 1 amide bonds. The molecule has 0 unspecified atom stereocenters. The van der Waals surface area contributed by atoms with Gasteiger partial charge in [-0.25, -0.2) is 4.98 Å². The highest BCUT2D eigenvalue weighted by Gasteiger charge is 2.18. The van der Waals surface area contributed by atoms with Gasteiger partial charge < -0.3 is 10.1 Å². The van der Waals surface area contributed by atoms with Gasteiger partial charge in [-0.2, -0.15) is 5.10 Å². The number of aryl methyl sites for hydroxylation is 3. The van der Waals surface area contributed by atoms with Gasteiger partial charge in [0.05, 0.1) is 29.4 Å². The highest BCUT2D eigenvalue weighted by Crippen LogP contribution is 2.23. The molecule has 3 aromatic rings. The van der Waals surface area contributed by atoms with E-state index in [0.717, 1.165) is 28.0 Å². The summed E-state index contributed by atoms with van der Waals surface area (Å²) in [6, 6.07) is 9.51. The lowest BCUT2D eigenvalue weighted by atomic mass is 10.1. The average molecular weight is 352 g/mol. The minimum Gasteiger partial charge on any atom is -0.374 e. The summed E-state index contributed by atoms with van der Waals surface area (Å²) in [5.74, 6) is -0.168. The molecule has 0 radical (unpaired) electrons. The molecule has 0 atom stereocenters. The van der Waals surface area contributed by atoms with Crippen LogP contribution in [-0.2, 0) is 18.4 Å². The molecule has 0 aliphatic carbocycles. The second-order valence-corrected chi connectivity index (χ2v) is 6.73. The van der Waals surface area contributed by atoms with Crippen molar-refractivity contribution < 1.29 is 9.53 Å². The zero-order valence-corrected chi connectivity index (χ0v) is 15.8. The minimum atomic E-state index is -0.168. The van der Waals surface area contributed by atoms with Crippen molar-refractivity contribution in [2.45, 2.75) is 40.4 Å². The molecule has 1 aromatic carbocycles. The Balaban J connectivity index is 1.89. The number of fused-ring (bicyclic) bond motifs is 1. The number of hydrogen-bond donors (Lipinski definition) is 1. The van der Waals surface area contributed by atoms with Gasteiger partial charge in [-0.15, -0.1) is 0 Å². The van der Waals surface area contributed by atoms with Gasteiger partial charge in [-0.05, 0) is 51.5 Å². The van der Waals surface area contributed by atoms with Crippen LogP contribution in [0.1, 0.15) is 41.2 Å². The minimum absolute atomic E-state index is 0.162. The third-order valence-electron chi connectivity index (χ3n) is 4.11. The van der Waals surface area contributed by atoms with Crippen LogP contribution < -0.4 is 5.32 Å². The van der Waals surface area contributed by atoms with Crippen molar-refractivity contribution in [3.05, 3.63) is 52.8 Å². The van der Waals surface area contributed by atoms with E-state index in [9.17, 15) is 4.79 Å². The SMILES string of the molecule is Cc1cc(C(=O)Nc2cccc(COC(C)C)c2)c2c(C)nn(C)c2n1. The first kappa shape index (κ1) is 18.1. The number of rotatable bonds is 5. The number of anilines is 1. The summed E-state index contributed by atoms with van der Waals surface area (Å²) in [6.07, 6.45) is 0.162. The molecule has 26 heavy (non-hydrogen) atoms. The van der Waals surface area contributed by atoms with Gasteiger partial charge in [0.1, 0.15) is 0 Å². The fourth-order valence-electron chi connectivity index (χ4n) is 2.95. The van der Waals surface area contributed by atoms with Crippen molar-refractivity contribution in [2.75, 3.05) is 5.32 Å². The number of hydrogen-bond acceptors (Lipinski definition) is 4. The van der Waals surface area contributed by atoms with Crippen LogP contribution in [0.5, 0.6) is 0 Å². The first-order valence-corrected chi connectivity index (χ1v) is 8.68. The Morgan fingerprint density at radius 2 is 2.04 bits per heavy atom. The second kappa shape index (κ2) is 7.25. The molecule has 3 rings (SSSR count). The quantitative estimate of drug-likeness (QED) is 0.759. The zero-order chi connectivity index (χ0) is 18.8. The molecule has 0 saturated heterocycles. The molecule has 0 saturated carbocycles. The molecule has 0 aliphatic heterocycles. The molecule has 0 fully saturated rings. The van der Waals surface area contributed by atoms with Crippen molar-refractivity contribution in [3.63, 3.8) is 0 Å². The van der Waals surface area contributed by atoms with Crippen LogP contribution in [-0.4, -0.2) is 26.8 Å². The number of carbonyl (C=O) groups is 1. The molecule has 0 bridgehead atoms.